The van der Waals surface area contributed by atoms with Crippen molar-refractivity contribution in [3.63, 3.8) is 0 Å². The Morgan fingerprint density at radius 3 is 2.80 bits per heavy atom. The molecule has 20 heavy (non-hydrogen) atoms. The van der Waals surface area contributed by atoms with Crippen LogP contribution in [0, 0.1) is 17.2 Å². The molecule has 0 saturated heterocycles. The molecule has 114 valence electrons. The number of rotatable bonds is 9. The van der Waals surface area contributed by atoms with Gasteiger partial charge in [-0.05, 0) is 58.0 Å². The van der Waals surface area contributed by atoms with E-state index in [9.17, 15) is 5.26 Å². The molecule has 2 unspecified atom stereocenters. The molecule has 0 aliphatic heterocycles. The summed E-state index contributed by atoms with van der Waals surface area (Å²) < 4.78 is 5.09. The first-order valence-corrected chi connectivity index (χ1v) is 8.06. The highest BCUT2D eigenvalue weighted by Gasteiger charge is 2.45. The maximum Gasteiger partial charge on any atom is 0.109 e. The Labute approximate surface area is 123 Å². The summed E-state index contributed by atoms with van der Waals surface area (Å²) in [5.41, 5.74) is -0.228. The predicted molar refractivity (Wildman–Crippen MR) is 80.4 cm³/mol. The minimum absolute atomic E-state index is 0.228. The van der Waals surface area contributed by atoms with Crippen molar-refractivity contribution in [3.8, 4) is 6.07 Å². The molecule has 2 aliphatic rings. The Hall–Kier alpha value is -0.630. The summed E-state index contributed by atoms with van der Waals surface area (Å²) in [5.74, 6) is 0.526. The van der Waals surface area contributed by atoms with Gasteiger partial charge in [-0.15, -0.1) is 0 Å². The summed E-state index contributed by atoms with van der Waals surface area (Å²) in [5, 5.41) is 13.3. The number of ether oxygens (including phenoxy) is 1. The maximum absolute atomic E-state index is 9.66. The van der Waals surface area contributed by atoms with Gasteiger partial charge < -0.3 is 9.64 Å². The van der Waals surface area contributed by atoms with Crippen LogP contribution in [0.25, 0.3) is 0 Å². The fourth-order valence-electron chi connectivity index (χ4n) is 3.40. The van der Waals surface area contributed by atoms with Gasteiger partial charge in [0.15, 0.2) is 0 Å². The van der Waals surface area contributed by atoms with E-state index < -0.39 is 0 Å². The first-order valence-electron chi connectivity index (χ1n) is 8.06. The Balaban J connectivity index is 1.76. The smallest absolute Gasteiger partial charge is 0.109 e. The lowest BCUT2D eigenvalue weighted by atomic mass is 9.85. The molecule has 0 spiro atoms. The summed E-state index contributed by atoms with van der Waals surface area (Å²) in [6, 6.07) is 3.25. The fraction of sp³-hybridized carbons (Fsp3) is 0.938. The quantitative estimate of drug-likeness (QED) is 0.657. The van der Waals surface area contributed by atoms with Crippen LogP contribution in [-0.2, 0) is 4.74 Å². The predicted octanol–water partition coefficient (Wildman–Crippen LogP) is 2.16. The van der Waals surface area contributed by atoms with Crippen LogP contribution in [0.1, 0.15) is 44.9 Å². The summed E-state index contributed by atoms with van der Waals surface area (Å²) in [6.07, 6.45) is 8.18. The van der Waals surface area contributed by atoms with Gasteiger partial charge in [-0.25, -0.2) is 0 Å². The minimum atomic E-state index is -0.228. The third-order valence-corrected chi connectivity index (χ3v) is 4.81. The average molecular weight is 279 g/mol. The van der Waals surface area contributed by atoms with Gasteiger partial charge in [0.2, 0.25) is 0 Å². The van der Waals surface area contributed by atoms with Crippen LogP contribution in [0.3, 0.4) is 0 Å². The van der Waals surface area contributed by atoms with E-state index in [4.69, 9.17) is 4.74 Å². The van der Waals surface area contributed by atoms with Gasteiger partial charge in [0.1, 0.15) is 5.54 Å². The zero-order chi connectivity index (χ0) is 14.4. The van der Waals surface area contributed by atoms with Crippen LogP contribution in [-0.4, -0.2) is 50.3 Å². The molecule has 0 aromatic carbocycles. The van der Waals surface area contributed by atoms with E-state index in [-0.39, 0.29) is 5.54 Å². The van der Waals surface area contributed by atoms with E-state index in [0.29, 0.717) is 12.0 Å². The molecule has 2 aliphatic carbocycles. The van der Waals surface area contributed by atoms with E-state index in [0.717, 1.165) is 39.0 Å². The average Bonchev–Trinajstić information content (AvgIpc) is 3.16. The van der Waals surface area contributed by atoms with Gasteiger partial charge in [-0.3, -0.25) is 5.32 Å². The fourth-order valence-corrected chi connectivity index (χ4v) is 3.40. The number of nitrogens with one attached hydrogen (secondary N) is 1. The van der Waals surface area contributed by atoms with Crippen molar-refractivity contribution in [3.05, 3.63) is 0 Å². The molecule has 2 rings (SSSR count). The number of nitriles is 1. The first kappa shape index (κ1) is 15.8. The highest BCUT2D eigenvalue weighted by molar-refractivity contribution is 5.16. The van der Waals surface area contributed by atoms with Crippen LogP contribution in [0.15, 0.2) is 0 Å². The number of hydrogen-bond donors (Lipinski definition) is 1. The molecule has 4 nitrogen and oxygen atoms in total. The molecular weight excluding hydrogens is 250 g/mol. The molecule has 0 radical (unpaired) electrons. The van der Waals surface area contributed by atoms with Crippen molar-refractivity contribution in [2.75, 3.05) is 33.9 Å². The molecule has 0 aromatic heterocycles. The molecule has 0 heterocycles. The van der Waals surface area contributed by atoms with Gasteiger partial charge in [-0.2, -0.15) is 5.26 Å². The normalized spacial score (nSPS) is 29.8. The van der Waals surface area contributed by atoms with E-state index >= 15 is 0 Å². The van der Waals surface area contributed by atoms with Gasteiger partial charge >= 0.3 is 0 Å². The topological polar surface area (TPSA) is 48.3 Å². The number of nitrogens with zero attached hydrogens (tertiary/aromatic N) is 2. The Bertz CT molecular complexity index is 337. The zero-order valence-corrected chi connectivity index (χ0v) is 13.0. The maximum atomic E-state index is 9.66. The lowest BCUT2D eigenvalue weighted by Gasteiger charge is -2.31. The zero-order valence-electron chi connectivity index (χ0n) is 13.0. The molecule has 4 heteroatoms. The molecule has 2 saturated carbocycles. The Kier molecular flexibility index (Phi) is 5.83. The van der Waals surface area contributed by atoms with Gasteiger partial charge in [0, 0.05) is 26.3 Å². The summed E-state index contributed by atoms with van der Waals surface area (Å²) in [6.45, 7) is 3.00. The molecule has 0 aromatic rings. The van der Waals surface area contributed by atoms with E-state index in [2.05, 4.69) is 23.3 Å². The van der Waals surface area contributed by atoms with Crippen LogP contribution < -0.4 is 5.32 Å². The number of hydrogen-bond acceptors (Lipinski definition) is 4. The summed E-state index contributed by atoms with van der Waals surface area (Å²) >= 11 is 0. The number of methoxy groups -OCH3 is 1. The summed E-state index contributed by atoms with van der Waals surface area (Å²) in [4.78, 5) is 2.37. The van der Waals surface area contributed by atoms with Crippen molar-refractivity contribution in [1.29, 1.82) is 5.26 Å². The van der Waals surface area contributed by atoms with Crippen LogP contribution in [0.2, 0.25) is 0 Å². The van der Waals surface area contributed by atoms with Gasteiger partial charge in [0.25, 0.3) is 0 Å². The molecule has 2 atom stereocenters. The van der Waals surface area contributed by atoms with Crippen molar-refractivity contribution in [1.82, 2.24) is 10.2 Å². The van der Waals surface area contributed by atoms with Gasteiger partial charge in [0.05, 0.1) is 6.07 Å². The largest absolute Gasteiger partial charge is 0.385 e. The van der Waals surface area contributed by atoms with Crippen LogP contribution in [0.5, 0.6) is 0 Å². The second-order valence-electron chi connectivity index (χ2n) is 6.53. The van der Waals surface area contributed by atoms with E-state index in [1.54, 1.807) is 7.11 Å². The van der Waals surface area contributed by atoms with Crippen molar-refractivity contribution in [2.24, 2.45) is 5.92 Å². The SMILES string of the molecule is COCCCN(C)CCC1CCCC1(C#N)NC1CC1. The molecule has 0 bridgehead atoms. The van der Waals surface area contributed by atoms with Crippen molar-refractivity contribution in [2.45, 2.75) is 56.5 Å². The lowest BCUT2D eigenvalue weighted by molar-refractivity contribution is 0.175. The first-order chi connectivity index (χ1) is 9.70. The van der Waals surface area contributed by atoms with E-state index in [1.165, 1.54) is 25.7 Å². The molecule has 2 fully saturated rings. The van der Waals surface area contributed by atoms with Crippen molar-refractivity contribution < 1.29 is 4.74 Å². The third kappa shape index (κ3) is 4.18. The molecule has 1 N–H and O–H groups in total. The van der Waals surface area contributed by atoms with E-state index in [1.807, 2.05) is 0 Å². The molecular formula is C16H29N3O. The van der Waals surface area contributed by atoms with Crippen LogP contribution in [0.4, 0.5) is 0 Å². The highest BCUT2D eigenvalue weighted by atomic mass is 16.5. The standard InChI is InChI=1S/C16H29N3O/c1-19(10-4-12-20-2)11-8-14-5-3-9-16(14,13-17)18-15-6-7-15/h14-15,18H,3-12H2,1-2H3. The highest BCUT2D eigenvalue weighted by Crippen LogP contribution is 2.40. The Morgan fingerprint density at radius 2 is 2.15 bits per heavy atom. The van der Waals surface area contributed by atoms with Crippen molar-refractivity contribution >= 4 is 0 Å². The Morgan fingerprint density at radius 1 is 1.35 bits per heavy atom. The second kappa shape index (κ2) is 7.40. The summed E-state index contributed by atoms with van der Waals surface area (Å²) in [7, 11) is 3.93. The van der Waals surface area contributed by atoms with Gasteiger partial charge in [-0.1, -0.05) is 6.42 Å². The minimum Gasteiger partial charge on any atom is -0.385 e. The molecule has 0 amide bonds. The second-order valence-corrected chi connectivity index (χ2v) is 6.53. The lowest BCUT2D eigenvalue weighted by Crippen LogP contribution is -2.48. The monoisotopic (exact) mass is 279 g/mol. The van der Waals surface area contributed by atoms with Crippen LogP contribution >= 0.6 is 0 Å². The third-order valence-electron chi connectivity index (χ3n) is 4.81.